The Kier molecular flexibility index (Phi) is 8.72. The fourth-order valence-corrected chi connectivity index (χ4v) is 6.28. The van der Waals surface area contributed by atoms with E-state index in [2.05, 4.69) is 10.3 Å². The Morgan fingerprint density at radius 3 is 2.12 bits per heavy atom. The first-order valence-corrected chi connectivity index (χ1v) is 14.6. The van der Waals surface area contributed by atoms with Crippen molar-refractivity contribution in [3.63, 3.8) is 0 Å². The van der Waals surface area contributed by atoms with Crippen molar-refractivity contribution in [2.45, 2.75) is 57.9 Å². The predicted molar refractivity (Wildman–Crippen MR) is 157 cm³/mol. The van der Waals surface area contributed by atoms with Gasteiger partial charge in [-0.3, -0.25) is 9.59 Å². The summed E-state index contributed by atoms with van der Waals surface area (Å²) in [6, 6.07) is 14.0. The van der Waals surface area contributed by atoms with Gasteiger partial charge in [-0.25, -0.2) is 22.5 Å². The molecule has 0 unspecified atom stereocenters. The number of anilines is 3. The number of thiazole rings is 1. The molecule has 1 amide bonds. The van der Waals surface area contributed by atoms with Gasteiger partial charge in [0.15, 0.2) is 34.7 Å². The van der Waals surface area contributed by atoms with E-state index in [9.17, 15) is 27.2 Å². The predicted octanol–water partition coefficient (Wildman–Crippen LogP) is 9.03. The average molecular weight is 596 g/mol. The fourth-order valence-electron chi connectivity index (χ4n) is 5.30. The summed E-state index contributed by atoms with van der Waals surface area (Å²) in [6.45, 7) is 3.18. The van der Waals surface area contributed by atoms with Gasteiger partial charge in [0.2, 0.25) is 0 Å². The molecule has 218 valence electrons. The van der Waals surface area contributed by atoms with Crippen molar-refractivity contribution >= 4 is 40.0 Å². The molecule has 0 saturated heterocycles. The number of hydrogen-bond acceptors (Lipinski definition) is 5. The smallest absolute Gasteiger partial charge is 0.255 e. The van der Waals surface area contributed by atoms with E-state index in [4.69, 9.17) is 0 Å². The maximum Gasteiger partial charge on any atom is 0.255 e. The number of aromatic nitrogens is 1. The summed E-state index contributed by atoms with van der Waals surface area (Å²) in [4.78, 5) is 29.3. The van der Waals surface area contributed by atoms with Gasteiger partial charge in [0.1, 0.15) is 5.69 Å². The molecule has 1 saturated carbocycles. The zero-order valence-electron chi connectivity index (χ0n) is 23.1. The van der Waals surface area contributed by atoms with Crippen molar-refractivity contribution in [2.24, 2.45) is 0 Å². The van der Waals surface area contributed by atoms with E-state index in [0.29, 0.717) is 28.4 Å². The molecule has 3 aromatic carbocycles. The van der Waals surface area contributed by atoms with E-state index < -0.39 is 40.6 Å². The van der Waals surface area contributed by atoms with Crippen LogP contribution in [0.3, 0.4) is 0 Å². The molecule has 1 aliphatic rings. The van der Waals surface area contributed by atoms with Gasteiger partial charge in [-0.05, 0) is 62.4 Å². The fraction of sp³-hybridized carbons (Fsp3) is 0.281. The molecule has 1 fully saturated rings. The van der Waals surface area contributed by atoms with E-state index in [1.165, 1.54) is 37.7 Å². The highest BCUT2D eigenvalue weighted by Gasteiger charge is 2.31. The number of carbonyl (C=O) groups excluding carboxylic acids is 2. The zero-order valence-corrected chi connectivity index (χ0v) is 23.9. The number of nitrogens with zero attached hydrogens (tertiary/aromatic N) is 2. The third kappa shape index (κ3) is 5.81. The standard InChI is InChI=1S/C32H29F4N3O2S/c1-18(2)39(30-28(35)26(33)24(16-40)27(34)29(30)36)32-38-25(17-42-32)21-12-14-23(15-13-21)37-31(41)22-10-8-20(9-11-22)19-6-4-3-5-7-19/h8-19H,3-7H2,1-2H3,(H,37,41). The molecule has 5 rings (SSSR count). The molecule has 0 aliphatic heterocycles. The Morgan fingerprint density at radius 2 is 1.55 bits per heavy atom. The average Bonchev–Trinajstić information content (AvgIpc) is 3.49. The van der Waals surface area contributed by atoms with Crippen LogP contribution in [0.2, 0.25) is 0 Å². The van der Waals surface area contributed by atoms with Crippen molar-refractivity contribution in [1.29, 1.82) is 0 Å². The Bertz CT molecular complexity index is 1570. The molecule has 0 bridgehead atoms. The number of aldehydes is 1. The van der Waals surface area contributed by atoms with Crippen molar-refractivity contribution in [2.75, 3.05) is 10.2 Å². The van der Waals surface area contributed by atoms with Gasteiger partial charge in [-0.15, -0.1) is 11.3 Å². The van der Waals surface area contributed by atoms with Gasteiger partial charge < -0.3 is 10.2 Å². The molecule has 0 atom stereocenters. The van der Waals surface area contributed by atoms with Crippen molar-refractivity contribution in [1.82, 2.24) is 4.98 Å². The molecule has 42 heavy (non-hydrogen) atoms. The largest absolute Gasteiger partial charge is 0.322 e. The summed E-state index contributed by atoms with van der Waals surface area (Å²) in [7, 11) is 0. The molecule has 5 nitrogen and oxygen atoms in total. The highest BCUT2D eigenvalue weighted by molar-refractivity contribution is 7.14. The van der Waals surface area contributed by atoms with E-state index >= 15 is 0 Å². The van der Waals surface area contributed by atoms with Crippen LogP contribution in [-0.2, 0) is 0 Å². The molecule has 0 spiro atoms. The number of nitrogens with one attached hydrogen (secondary N) is 1. The first kappa shape index (κ1) is 29.4. The maximum atomic E-state index is 14.9. The molecule has 1 aliphatic carbocycles. The highest BCUT2D eigenvalue weighted by atomic mass is 32.1. The van der Waals surface area contributed by atoms with Gasteiger partial charge in [-0.1, -0.05) is 43.5 Å². The van der Waals surface area contributed by atoms with Crippen LogP contribution in [0.15, 0.2) is 53.9 Å². The van der Waals surface area contributed by atoms with Crippen molar-refractivity contribution < 1.29 is 27.2 Å². The van der Waals surface area contributed by atoms with Gasteiger partial charge in [-0.2, -0.15) is 0 Å². The highest BCUT2D eigenvalue weighted by Crippen LogP contribution is 2.39. The van der Waals surface area contributed by atoms with E-state index in [-0.39, 0.29) is 17.3 Å². The minimum atomic E-state index is -1.76. The Balaban J connectivity index is 1.32. The quantitative estimate of drug-likeness (QED) is 0.125. The monoisotopic (exact) mass is 595 g/mol. The number of carbonyl (C=O) groups is 2. The number of rotatable bonds is 8. The van der Waals surface area contributed by atoms with Crippen LogP contribution in [0.4, 0.5) is 34.1 Å². The molecule has 4 aromatic rings. The number of benzene rings is 3. The minimum Gasteiger partial charge on any atom is -0.322 e. The zero-order chi connectivity index (χ0) is 30.0. The normalized spacial score (nSPS) is 13.8. The first-order chi connectivity index (χ1) is 20.2. The lowest BCUT2D eigenvalue weighted by Crippen LogP contribution is -2.28. The van der Waals surface area contributed by atoms with E-state index in [1.807, 2.05) is 24.3 Å². The lowest BCUT2D eigenvalue weighted by Gasteiger charge is -2.27. The van der Waals surface area contributed by atoms with Crippen LogP contribution < -0.4 is 10.2 Å². The number of halogens is 4. The van der Waals surface area contributed by atoms with Crippen molar-refractivity contribution in [3.8, 4) is 11.3 Å². The molecular formula is C32H29F4N3O2S. The second-order valence-electron chi connectivity index (χ2n) is 10.6. The lowest BCUT2D eigenvalue weighted by atomic mass is 9.84. The number of amides is 1. The summed E-state index contributed by atoms with van der Waals surface area (Å²) < 4.78 is 58.4. The van der Waals surface area contributed by atoms with Gasteiger partial charge in [0.05, 0.1) is 11.3 Å². The van der Waals surface area contributed by atoms with E-state index in [1.54, 1.807) is 43.5 Å². The van der Waals surface area contributed by atoms with Crippen LogP contribution in [-0.4, -0.2) is 23.2 Å². The van der Waals surface area contributed by atoms with Crippen LogP contribution in [0.1, 0.15) is 78.1 Å². The Morgan fingerprint density at radius 1 is 0.929 bits per heavy atom. The Hall–Kier alpha value is -4.05. The minimum absolute atomic E-state index is 0.101. The van der Waals surface area contributed by atoms with Crippen LogP contribution in [0, 0.1) is 23.3 Å². The molecule has 0 radical (unpaired) electrons. The third-order valence-corrected chi connectivity index (χ3v) is 8.38. The van der Waals surface area contributed by atoms with Crippen LogP contribution in [0.25, 0.3) is 11.3 Å². The second kappa shape index (κ2) is 12.4. The number of hydrogen-bond donors (Lipinski definition) is 1. The molecule has 1 N–H and O–H groups in total. The lowest BCUT2D eigenvalue weighted by molar-refractivity contribution is 0.102. The second-order valence-corrected chi connectivity index (χ2v) is 11.4. The maximum absolute atomic E-state index is 14.9. The summed E-state index contributed by atoms with van der Waals surface area (Å²) in [5.74, 6) is -6.55. The van der Waals surface area contributed by atoms with Gasteiger partial charge in [0.25, 0.3) is 5.91 Å². The summed E-state index contributed by atoms with van der Waals surface area (Å²) in [6.07, 6.45) is 5.89. The molecule has 10 heteroatoms. The molecule has 1 aromatic heterocycles. The van der Waals surface area contributed by atoms with Gasteiger partial charge >= 0.3 is 0 Å². The SMILES string of the molecule is CC(C)N(c1nc(-c2ccc(NC(=O)c3ccc(C4CCCCC4)cc3)cc2)cs1)c1c(F)c(F)c(C=O)c(F)c1F. The van der Waals surface area contributed by atoms with Crippen molar-refractivity contribution in [3.05, 3.63) is 93.9 Å². The molecule has 1 heterocycles. The summed E-state index contributed by atoms with van der Waals surface area (Å²) >= 11 is 1.04. The Labute approximate surface area is 245 Å². The van der Waals surface area contributed by atoms with E-state index in [0.717, 1.165) is 16.2 Å². The van der Waals surface area contributed by atoms with Crippen LogP contribution >= 0.6 is 11.3 Å². The third-order valence-electron chi connectivity index (χ3n) is 7.54. The summed E-state index contributed by atoms with van der Waals surface area (Å²) in [5, 5.41) is 4.63. The summed E-state index contributed by atoms with van der Waals surface area (Å²) in [5.41, 5.74) is 1.26. The molecular weight excluding hydrogens is 566 g/mol. The topological polar surface area (TPSA) is 62.3 Å². The van der Waals surface area contributed by atoms with Crippen LogP contribution in [0.5, 0.6) is 0 Å². The first-order valence-electron chi connectivity index (χ1n) is 13.8. The van der Waals surface area contributed by atoms with Gasteiger partial charge in [0, 0.05) is 28.2 Å².